The number of likely N-dealkylation sites (N-methyl/N-ethyl adjacent to an activating group) is 1. The molecule has 0 aliphatic carbocycles. The van der Waals surface area contributed by atoms with Gasteiger partial charge in [0, 0.05) is 18.8 Å². The van der Waals surface area contributed by atoms with Crippen LogP contribution in [0.1, 0.15) is 25.2 Å². The molecule has 2 heterocycles. The molecular weight excluding hydrogens is 214 g/mol. The van der Waals surface area contributed by atoms with Crippen molar-refractivity contribution in [3.63, 3.8) is 0 Å². The van der Waals surface area contributed by atoms with E-state index in [9.17, 15) is 0 Å². The molecular formula is C13H23N3O. The van der Waals surface area contributed by atoms with Gasteiger partial charge >= 0.3 is 0 Å². The molecule has 0 amide bonds. The van der Waals surface area contributed by atoms with Crippen LogP contribution < -0.4 is 0 Å². The van der Waals surface area contributed by atoms with E-state index in [1.165, 1.54) is 11.4 Å². The maximum atomic E-state index is 5.79. The van der Waals surface area contributed by atoms with Crippen LogP contribution in [0.2, 0.25) is 0 Å². The van der Waals surface area contributed by atoms with Gasteiger partial charge in [-0.25, -0.2) is 0 Å². The predicted octanol–water partition coefficient (Wildman–Crippen LogP) is 1.34. The summed E-state index contributed by atoms with van der Waals surface area (Å²) in [5.41, 5.74) is 2.50. The molecule has 0 saturated carbocycles. The maximum absolute atomic E-state index is 5.79. The summed E-state index contributed by atoms with van der Waals surface area (Å²) in [7, 11) is 2.15. The molecule has 96 valence electrons. The SMILES string of the molecule is CCc1cc(CC)n(CC2CN(C)CCO2)n1. The smallest absolute Gasteiger partial charge is 0.0898 e. The van der Waals surface area contributed by atoms with Crippen LogP contribution in [-0.4, -0.2) is 47.5 Å². The molecule has 1 unspecified atom stereocenters. The van der Waals surface area contributed by atoms with Crippen LogP contribution in [0.25, 0.3) is 0 Å². The van der Waals surface area contributed by atoms with Crippen molar-refractivity contribution in [1.29, 1.82) is 0 Å². The van der Waals surface area contributed by atoms with E-state index in [0.29, 0.717) is 0 Å². The number of rotatable bonds is 4. The topological polar surface area (TPSA) is 30.3 Å². The molecule has 1 aromatic rings. The van der Waals surface area contributed by atoms with Crippen molar-refractivity contribution in [1.82, 2.24) is 14.7 Å². The first-order valence-electron chi connectivity index (χ1n) is 6.58. The van der Waals surface area contributed by atoms with Crippen LogP contribution in [0.3, 0.4) is 0 Å². The Morgan fingerprint density at radius 1 is 1.41 bits per heavy atom. The van der Waals surface area contributed by atoms with Crippen LogP contribution in [0.4, 0.5) is 0 Å². The van der Waals surface area contributed by atoms with Gasteiger partial charge in [-0.15, -0.1) is 0 Å². The molecule has 0 radical (unpaired) electrons. The molecule has 4 heteroatoms. The lowest BCUT2D eigenvalue weighted by Gasteiger charge is -2.30. The first-order chi connectivity index (χ1) is 8.22. The van der Waals surface area contributed by atoms with E-state index < -0.39 is 0 Å². The van der Waals surface area contributed by atoms with Crippen LogP contribution in [-0.2, 0) is 24.1 Å². The first-order valence-corrected chi connectivity index (χ1v) is 6.58. The number of nitrogens with zero attached hydrogens (tertiary/aromatic N) is 3. The minimum absolute atomic E-state index is 0.281. The Balaban J connectivity index is 2.03. The summed E-state index contributed by atoms with van der Waals surface area (Å²) in [5, 5.41) is 4.64. The summed E-state index contributed by atoms with van der Waals surface area (Å²) in [6, 6.07) is 2.21. The zero-order chi connectivity index (χ0) is 12.3. The fourth-order valence-corrected chi connectivity index (χ4v) is 2.30. The number of morpholine rings is 1. The summed E-state index contributed by atoms with van der Waals surface area (Å²) >= 11 is 0. The molecule has 2 rings (SSSR count). The van der Waals surface area contributed by atoms with Crippen molar-refractivity contribution < 1.29 is 4.74 Å². The Labute approximate surface area is 104 Å². The van der Waals surface area contributed by atoms with E-state index in [1.54, 1.807) is 0 Å². The van der Waals surface area contributed by atoms with E-state index in [1.807, 2.05) is 0 Å². The largest absolute Gasteiger partial charge is 0.374 e. The second-order valence-corrected chi connectivity index (χ2v) is 4.77. The number of hydrogen-bond acceptors (Lipinski definition) is 3. The van der Waals surface area contributed by atoms with E-state index in [0.717, 1.165) is 39.1 Å². The molecule has 1 saturated heterocycles. The quantitative estimate of drug-likeness (QED) is 0.791. The molecule has 1 fully saturated rings. The average Bonchev–Trinajstić information content (AvgIpc) is 2.71. The summed E-state index contributed by atoms with van der Waals surface area (Å²) in [5.74, 6) is 0. The van der Waals surface area contributed by atoms with Gasteiger partial charge in [0.2, 0.25) is 0 Å². The zero-order valence-corrected chi connectivity index (χ0v) is 11.1. The first kappa shape index (κ1) is 12.6. The lowest BCUT2D eigenvalue weighted by atomic mass is 10.2. The molecule has 0 spiro atoms. The fourth-order valence-electron chi connectivity index (χ4n) is 2.30. The van der Waals surface area contributed by atoms with Gasteiger partial charge in [0.25, 0.3) is 0 Å². The van der Waals surface area contributed by atoms with Gasteiger partial charge in [-0.2, -0.15) is 5.10 Å². The third-order valence-electron chi connectivity index (χ3n) is 3.36. The third-order valence-corrected chi connectivity index (χ3v) is 3.36. The van der Waals surface area contributed by atoms with Gasteiger partial charge < -0.3 is 9.64 Å². The monoisotopic (exact) mass is 237 g/mol. The number of hydrogen-bond donors (Lipinski definition) is 0. The highest BCUT2D eigenvalue weighted by molar-refractivity contribution is 5.10. The van der Waals surface area contributed by atoms with Crippen molar-refractivity contribution in [3.05, 3.63) is 17.5 Å². The standard InChI is InChI=1S/C13H23N3O/c1-4-11-8-12(5-2)16(14-11)10-13-9-15(3)6-7-17-13/h8,13H,4-7,9-10H2,1-3H3. The highest BCUT2D eigenvalue weighted by Crippen LogP contribution is 2.11. The zero-order valence-electron chi connectivity index (χ0n) is 11.1. The van der Waals surface area contributed by atoms with Gasteiger partial charge in [0.05, 0.1) is 24.9 Å². The Morgan fingerprint density at radius 3 is 2.88 bits per heavy atom. The fraction of sp³-hybridized carbons (Fsp3) is 0.769. The van der Waals surface area contributed by atoms with E-state index in [-0.39, 0.29) is 6.10 Å². The lowest BCUT2D eigenvalue weighted by Crippen LogP contribution is -2.42. The average molecular weight is 237 g/mol. The number of aromatic nitrogens is 2. The molecule has 1 atom stereocenters. The van der Waals surface area contributed by atoms with Crippen LogP contribution in [0, 0.1) is 0 Å². The normalized spacial score (nSPS) is 21.9. The van der Waals surface area contributed by atoms with Crippen molar-refractivity contribution >= 4 is 0 Å². The highest BCUT2D eigenvalue weighted by atomic mass is 16.5. The number of ether oxygens (including phenoxy) is 1. The summed E-state index contributed by atoms with van der Waals surface area (Å²) in [6.07, 6.45) is 2.32. The molecule has 0 bridgehead atoms. The van der Waals surface area contributed by atoms with Crippen molar-refractivity contribution in [3.8, 4) is 0 Å². The van der Waals surface area contributed by atoms with Crippen molar-refractivity contribution in [2.24, 2.45) is 0 Å². The molecule has 1 aliphatic rings. The Hall–Kier alpha value is -0.870. The maximum Gasteiger partial charge on any atom is 0.0898 e. The van der Waals surface area contributed by atoms with Crippen LogP contribution >= 0.6 is 0 Å². The molecule has 1 aliphatic heterocycles. The predicted molar refractivity (Wildman–Crippen MR) is 68.2 cm³/mol. The molecule has 0 N–H and O–H groups in total. The summed E-state index contributed by atoms with van der Waals surface area (Å²) < 4.78 is 7.92. The van der Waals surface area contributed by atoms with Crippen molar-refractivity contribution in [2.45, 2.75) is 39.3 Å². The summed E-state index contributed by atoms with van der Waals surface area (Å²) in [6.45, 7) is 8.09. The lowest BCUT2D eigenvalue weighted by molar-refractivity contribution is -0.0294. The van der Waals surface area contributed by atoms with Gasteiger partial charge in [-0.1, -0.05) is 13.8 Å². The van der Waals surface area contributed by atoms with Crippen molar-refractivity contribution in [2.75, 3.05) is 26.7 Å². The Kier molecular flexibility index (Phi) is 4.18. The molecule has 4 nitrogen and oxygen atoms in total. The minimum Gasteiger partial charge on any atom is -0.374 e. The Morgan fingerprint density at radius 2 is 2.24 bits per heavy atom. The second-order valence-electron chi connectivity index (χ2n) is 4.77. The molecule has 0 aromatic carbocycles. The van der Waals surface area contributed by atoms with Gasteiger partial charge in [-0.05, 0) is 26.0 Å². The Bertz CT molecular complexity index is 362. The second kappa shape index (κ2) is 5.65. The molecule has 17 heavy (non-hydrogen) atoms. The van der Waals surface area contributed by atoms with E-state index in [4.69, 9.17) is 4.74 Å². The third kappa shape index (κ3) is 3.07. The van der Waals surface area contributed by atoms with Crippen LogP contribution in [0.15, 0.2) is 6.07 Å². The van der Waals surface area contributed by atoms with E-state index in [2.05, 4.69) is 41.6 Å². The number of aryl methyl sites for hydroxylation is 2. The molecule has 1 aromatic heterocycles. The van der Waals surface area contributed by atoms with Gasteiger partial charge in [0.15, 0.2) is 0 Å². The minimum atomic E-state index is 0.281. The van der Waals surface area contributed by atoms with Gasteiger partial charge in [-0.3, -0.25) is 4.68 Å². The van der Waals surface area contributed by atoms with E-state index >= 15 is 0 Å². The summed E-state index contributed by atoms with van der Waals surface area (Å²) in [4.78, 5) is 2.32. The van der Waals surface area contributed by atoms with Gasteiger partial charge in [0.1, 0.15) is 0 Å². The highest BCUT2D eigenvalue weighted by Gasteiger charge is 2.19. The van der Waals surface area contributed by atoms with Crippen LogP contribution in [0.5, 0.6) is 0 Å².